The van der Waals surface area contributed by atoms with Gasteiger partial charge in [0.15, 0.2) is 25.7 Å². The van der Waals surface area contributed by atoms with E-state index >= 15 is 0 Å². The van der Waals surface area contributed by atoms with Crippen molar-refractivity contribution < 1.29 is 40.7 Å². The molecule has 1 saturated heterocycles. The number of carbonyl (C=O) groups is 2. The molecule has 5 aromatic heterocycles. The number of carbonyl (C=O) groups excluding carboxylic acids is 2. The third-order valence-corrected chi connectivity index (χ3v) is 18.5. The highest BCUT2D eigenvalue weighted by atomic mass is 32.1. The van der Waals surface area contributed by atoms with Gasteiger partial charge in [0.1, 0.15) is 0 Å². The molecule has 0 saturated carbocycles. The summed E-state index contributed by atoms with van der Waals surface area (Å²) in [4.78, 5) is 56.1. The van der Waals surface area contributed by atoms with Crippen molar-refractivity contribution in [3.8, 4) is 0 Å². The molecular formula is C47H65F6N13O3S5. The van der Waals surface area contributed by atoms with E-state index < -0.39 is 36.8 Å². The summed E-state index contributed by atoms with van der Waals surface area (Å²) in [5.41, 5.74) is 33.5. The Kier molecular flexibility index (Phi) is 19.8. The SMILES string of the molecule is CN(C)[C@H]1CCc2nc(N)sc2C1.CN1CCc2nc(N)sc2C1.Nc1nc2c(s1)C[C@@H](CC(=O)C(F)(F)F)CC2.Nc1nc2c(s1)C[C@@H](N1CCOCC1)CC2.Nc1nc2c(s1)C[C@H](CC(=O)C(F)(F)F)CC2. The molecule has 5 aromatic rings. The number of aromatic nitrogens is 5. The summed E-state index contributed by atoms with van der Waals surface area (Å²) < 4.78 is 78.1. The van der Waals surface area contributed by atoms with Gasteiger partial charge in [0, 0.05) is 81.9 Å². The maximum Gasteiger partial charge on any atom is 0.449 e. The zero-order valence-corrected chi connectivity index (χ0v) is 45.7. The molecule has 74 heavy (non-hydrogen) atoms. The molecule has 0 bridgehead atoms. The fraction of sp³-hybridized carbons (Fsp3) is 0.638. The number of rotatable bonds is 6. The van der Waals surface area contributed by atoms with E-state index in [9.17, 15) is 35.9 Å². The van der Waals surface area contributed by atoms with Gasteiger partial charge in [-0.1, -0.05) is 0 Å². The van der Waals surface area contributed by atoms with E-state index in [2.05, 4.69) is 60.8 Å². The number of aryl methyl sites for hydroxylation is 4. The van der Waals surface area contributed by atoms with E-state index in [0.717, 1.165) is 103 Å². The van der Waals surface area contributed by atoms with Crippen molar-refractivity contribution >= 4 is 93.9 Å². The van der Waals surface area contributed by atoms with Crippen LogP contribution in [0.5, 0.6) is 0 Å². The first kappa shape index (κ1) is 57.6. The third kappa shape index (κ3) is 16.2. The minimum absolute atomic E-state index is 0.239. The van der Waals surface area contributed by atoms with Crippen molar-refractivity contribution in [1.29, 1.82) is 0 Å². The lowest BCUT2D eigenvalue weighted by atomic mass is 9.87. The van der Waals surface area contributed by atoms with Gasteiger partial charge in [-0.3, -0.25) is 14.5 Å². The highest BCUT2D eigenvalue weighted by molar-refractivity contribution is 7.16. The first-order valence-corrected chi connectivity index (χ1v) is 28.6. The molecule has 6 aliphatic rings. The minimum Gasteiger partial charge on any atom is -0.379 e. The normalized spacial score (nSPS) is 21.5. The molecule has 408 valence electrons. The zero-order valence-electron chi connectivity index (χ0n) is 41.7. The van der Waals surface area contributed by atoms with Gasteiger partial charge >= 0.3 is 12.4 Å². The van der Waals surface area contributed by atoms with Crippen molar-refractivity contribution in [3.05, 3.63) is 52.9 Å². The number of likely N-dealkylation sites (N-methyl/N-ethyl adjacent to an activating group) is 2. The number of nitrogens with zero attached hydrogens (tertiary/aromatic N) is 8. The Labute approximate surface area is 446 Å². The van der Waals surface area contributed by atoms with Crippen LogP contribution in [0.2, 0.25) is 0 Å². The Morgan fingerprint density at radius 3 is 1.36 bits per heavy atom. The van der Waals surface area contributed by atoms with Crippen molar-refractivity contribution in [2.45, 2.75) is 127 Å². The number of halogens is 6. The Morgan fingerprint density at radius 2 is 0.932 bits per heavy atom. The van der Waals surface area contributed by atoms with Crippen LogP contribution in [0.25, 0.3) is 0 Å². The average molecular weight is 1130 g/mol. The monoisotopic (exact) mass is 1130 g/mol. The number of hydrogen-bond acceptors (Lipinski definition) is 21. The maximum absolute atomic E-state index is 12.1. The Morgan fingerprint density at radius 1 is 0.554 bits per heavy atom. The first-order chi connectivity index (χ1) is 35.0. The molecule has 11 rings (SSSR count). The predicted molar refractivity (Wildman–Crippen MR) is 283 cm³/mol. The highest BCUT2D eigenvalue weighted by Crippen LogP contribution is 2.37. The van der Waals surface area contributed by atoms with Gasteiger partial charge in [-0.2, -0.15) is 26.3 Å². The molecule has 0 amide bonds. The van der Waals surface area contributed by atoms with Gasteiger partial charge in [-0.25, -0.2) is 24.9 Å². The molecule has 0 radical (unpaired) electrons. The van der Waals surface area contributed by atoms with E-state index in [-0.39, 0.29) is 11.8 Å². The molecule has 4 aliphatic carbocycles. The largest absolute Gasteiger partial charge is 0.449 e. The standard InChI is InChI=1S/C11H17N3OS.2C10H11F3N2OS.C9H15N3S.C7H11N3S/c12-11-13-9-2-1-8(7-10(9)16-11)14-3-5-15-6-4-14;2*11-10(12,13)8(16)4-5-1-2-6-7(3-5)17-9(14)15-6;1-12(2)6-3-4-7-8(5-6)13-9(10)11-7;1-10-3-2-5-6(4-10)11-7(8)9-5/h8H,1-7H2,(H2,12,13);2*5H,1-4H2,(H2,14,15);6H,3-5H2,1-2H3,(H2,10,11);2-4H2,1H3,(H2,8,9)/t8-;2*5-;6-;/m0100./s1. The van der Waals surface area contributed by atoms with E-state index in [1.54, 1.807) is 34.0 Å². The smallest absolute Gasteiger partial charge is 0.379 e. The number of nitrogen functional groups attached to an aromatic ring is 5. The Hall–Kier alpha value is -4.09. The van der Waals surface area contributed by atoms with Crippen LogP contribution in [0.15, 0.2) is 0 Å². The molecule has 0 spiro atoms. The van der Waals surface area contributed by atoms with E-state index in [1.807, 2.05) is 0 Å². The van der Waals surface area contributed by atoms with Crippen molar-refractivity contribution in [3.63, 3.8) is 0 Å². The predicted octanol–water partition coefficient (Wildman–Crippen LogP) is 7.48. The molecule has 0 aromatic carbocycles. The highest BCUT2D eigenvalue weighted by Gasteiger charge is 2.41. The van der Waals surface area contributed by atoms with E-state index in [1.165, 1.54) is 67.2 Å². The maximum atomic E-state index is 12.1. The lowest BCUT2D eigenvalue weighted by molar-refractivity contribution is -0.172. The number of anilines is 5. The minimum atomic E-state index is -4.72. The third-order valence-electron chi connectivity index (χ3n) is 13.8. The van der Waals surface area contributed by atoms with Crippen LogP contribution < -0.4 is 28.7 Å². The molecule has 0 unspecified atom stereocenters. The van der Waals surface area contributed by atoms with Gasteiger partial charge in [-0.15, -0.1) is 56.7 Å². The van der Waals surface area contributed by atoms with Crippen molar-refractivity contribution in [2.75, 3.05) is 82.7 Å². The molecular weight excluding hydrogens is 1070 g/mol. The number of ketones is 2. The molecule has 16 nitrogen and oxygen atoms in total. The fourth-order valence-corrected chi connectivity index (χ4v) is 14.7. The van der Waals surface area contributed by atoms with E-state index in [0.29, 0.717) is 66.0 Å². The van der Waals surface area contributed by atoms with Crippen LogP contribution in [0.4, 0.5) is 52.0 Å². The molecule has 27 heteroatoms. The second kappa shape index (κ2) is 25.4. The summed E-state index contributed by atoms with van der Waals surface area (Å²) >= 11 is 7.54. The van der Waals surface area contributed by atoms with E-state index in [4.69, 9.17) is 33.4 Å². The zero-order chi connectivity index (χ0) is 53.5. The number of fused-ring (bicyclic) bond motifs is 5. The lowest BCUT2D eigenvalue weighted by Gasteiger charge is -2.36. The first-order valence-electron chi connectivity index (χ1n) is 24.5. The number of alkyl halides is 6. The summed E-state index contributed by atoms with van der Waals surface area (Å²) in [5, 5.41) is 3.05. The molecule has 4 atom stereocenters. The second-order valence-electron chi connectivity index (χ2n) is 19.5. The number of ether oxygens (including phenoxy) is 1. The van der Waals surface area contributed by atoms with Gasteiger partial charge in [0.25, 0.3) is 0 Å². The molecule has 1 fully saturated rings. The Balaban J connectivity index is 0.000000136. The van der Waals surface area contributed by atoms with Crippen LogP contribution >= 0.6 is 56.7 Å². The van der Waals surface area contributed by atoms with Crippen LogP contribution in [0.3, 0.4) is 0 Å². The topological polar surface area (TPSA) is 248 Å². The summed E-state index contributed by atoms with van der Waals surface area (Å²) in [6, 6.07) is 1.35. The summed E-state index contributed by atoms with van der Waals surface area (Å²) in [6.45, 7) is 6.05. The average Bonchev–Trinajstić information content (AvgIpc) is 4.17. The number of Topliss-reactive ketones (excluding diaryl/α,β-unsaturated/α-hetero) is 2. The Bertz CT molecular complexity index is 2580. The number of nitrogens with two attached hydrogens (primary N) is 5. The van der Waals surface area contributed by atoms with Gasteiger partial charge in [0.05, 0.1) is 41.7 Å². The molecule has 2 aliphatic heterocycles. The van der Waals surface area contributed by atoms with Crippen molar-refractivity contribution in [1.82, 2.24) is 39.6 Å². The quantitative estimate of drug-likeness (QED) is 0.103. The number of hydrogen-bond donors (Lipinski definition) is 5. The second-order valence-corrected chi connectivity index (χ2v) is 25.0. The summed E-state index contributed by atoms with van der Waals surface area (Å²) in [7, 11) is 6.40. The number of thiazole rings is 5. The van der Waals surface area contributed by atoms with Crippen LogP contribution in [0.1, 0.15) is 91.4 Å². The van der Waals surface area contributed by atoms with Gasteiger partial charge in [0.2, 0.25) is 11.6 Å². The van der Waals surface area contributed by atoms with Crippen LogP contribution in [-0.2, 0) is 78.7 Å². The molecule has 7 heterocycles. The molecule has 10 N–H and O–H groups in total. The van der Waals surface area contributed by atoms with Crippen LogP contribution in [-0.4, -0.2) is 130 Å². The summed E-state index contributed by atoms with van der Waals surface area (Å²) in [6.07, 6.45) is 0.935. The van der Waals surface area contributed by atoms with Gasteiger partial charge in [-0.05, 0) is 110 Å². The number of morpholine rings is 1. The van der Waals surface area contributed by atoms with Crippen molar-refractivity contribution in [2.24, 2.45) is 11.8 Å². The summed E-state index contributed by atoms with van der Waals surface area (Å²) in [5.74, 6) is -3.75. The van der Waals surface area contributed by atoms with Gasteiger partial charge < -0.3 is 43.2 Å². The van der Waals surface area contributed by atoms with Crippen LogP contribution in [0, 0.1) is 11.8 Å². The fourth-order valence-electron chi connectivity index (χ4n) is 9.82. The lowest BCUT2D eigenvalue weighted by Crippen LogP contribution is -2.45.